The number of rotatable bonds is 18. The van der Waals surface area contributed by atoms with Crippen LogP contribution in [0.1, 0.15) is 41.5 Å². The monoisotopic (exact) mass is 420 g/mol. The quantitative estimate of drug-likeness (QED) is 0.266. The van der Waals surface area contributed by atoms with Crippen LogP contribution in [0.3, 0.4) is 0 Å². The van der Waals surface area contributed by atoms with E-state index in [1.165, 1.54) is 0 Å². The van der Waals surface area contributed by atoms with Gasteiger partial charge >= 0.3 is 5.97 Å². The van der Waals surface area contributed by atoms with Crippen LogP contribution in [0.15, 0.2) is 12.7 Å². The number of hydrogen-bond acceptors (Lipinski definition) is 8. The van der Waals surface area contributed by atoms with Gasteiger partial charge in [0.25, 0.3) is 0 Å². The maximum Gasteiger partial charge on any atom is 0.330 e. The molecule has 0 spiro atoms. The topological polar surface area (TPSA) is 92.7 Å². The molecule has 0 amide bonds. The third-order valence-electron chi connectivity index (χ3n) is 3.82. The van der Waals surface area contributed by atoms with E-state index in [9.17, 15) is 4.79 Å². The number of aliphatic hydroxyl groups excluding tert-OH is 1. The van der Waals surface area contributed by atoms with Crippen molar-refractivity contribution < 1.29 is 38.3 Å². The molecule has 0 rings (SSSR count). The average molecular weight is 421 g/mol. The van der Waals surface area contributed by atoms with Crippen LogP contribution in [0.5, 0.6) is 0 Å². The molecule has 0 fully saturated rings. The summed E-state index contributed by atoms with van der Waals surface area (Å²) in [7, 11) is 0. The number of ether oxygens (including phenoxy) is 6. The Morgan fingerprint density at radius 2 is 1.00 bits per heavy atom. The van der Waals surface area contributed by atoms with Gasteiger partial charge in [0.1, 0.15) is 6.10 Å². The zero-order valence-corrected chi connectivity index (χ0v) is 18.8. The first kappa shape index (κ1) is 28.0. The molecular formula is C21H40O8. The number of carbonyl (C=O) groups is 1. The van der Waals surface area contributed by atoms with Gasteiger partial charge in [-0.2, -0.15) is 0 Å². The van der Waals surface area contributed by atoms with Crippen molar-refractivity contribution in [1.29, 1.82) is 0 Å². The lowest BCUT2D eigenvalue weighted by atomic mass is 10.3. The molecule has 6 unspecified atom stereocenters. The van der Waals surface area contributed by atoms with E-state index in [4.69, 9.17) is 33.5 Å². The minimum atomic E-state index is -0.462. The van der Waals surface area contributed by atoms with Crippen molar-refractivity contribution in [3.05, 3.63) is 12.7 Å². The van der Waals surface area contributed by atoms with Gasteiger partial charge in [-0.05, 0) is 41.5 Å². The summed E-state index contributed by atoms with van der Waals surface area (Å²) in [4.78, 5) is 11.1. The van der Waals surface area contributed by atoms with E-state index >= 15 is 0 Å². The fraction of sp³-hybridized carbons (Fsp3) is 0.857. The van der Waals surface area contributed by atoms with E-state index in [0.29, 0.717) is 33.0 Å². The highest BCUT2D eigenvalue weighted by Gasteiger charge is 2.13. The molecule has 29 heavy (non-hydrogen) atoms. The summed E-state index contributed by atoms with van der Waals surface area (Å²) in [5.41, 5.74) is 0. The summed E-state index contributed by atoms with van der Waals surface area (Å²) in [6.07, 6.45) is 0.218. The van der Waals surface area contributed by atoms with Crippen LogP contribution < -0.4 is 0 Å². The summed E-state index contributed by atoms with van der Waals surface area (Å²) in [5.74, 6) is -0.462. The Kier molecular flexibility index (Phi) is 16.1. The zero-order chi connectivity index (χ0) is 22.2. The highest BCUT2D eigenvalue weighted by Crippen LogP contribution is 2.04. The van der Waals surface area contributed by atoms with Crippen LogP contribution >= 0.6 is 0 Å². The van der Waals surface area contributed by atoms with Crippen LogP contribution in [0.4, 0.5) is 0 Å². The maximum atomic E-state index is 11.1. The molecular weight excluding hydrogens is 380 g/mol. The molecule has 0 saturated carbocycles. The van der Waals surface area contributed by atoms with Gasteiger partial charge in [0, 0.05) is 6.08 Å². The molecule has 8 heteroatoms. The van der Waals surface area contributed by atoms with Crippen molar-refractivity contribution in [2.24, 2.45) is 0 Å². The largest absolute Gasteiger partial charge is 0.457 e. The number of aliphatic hydroxyl groups is 1. The van der Waals surface area contributed by atoms with Crippen LogP contribution in [0, 0.1) is 0 Å². The Hall–Kier alpha value is -1.03. The Labute approximate surface area is 175 Å². The van der Waals surface area contributed by atoms with Gasteiger partial charge in [0.15, 0.2) is 0 Å². The summed E-state index contributed by atoms with van der Waals surface area (Å²) < 4.78 is 33.2. The molecule has 8 nitrogen and oxygen atoms in total. The van der Waals surface area contributed by atoms with Crippen molar-refractivity contribution >= 4 is 5.97 Å². The molecule has 0 aliphatic heterocycles. The van der Waals surface area contributed by atoms with Crippen molar-refractivity contribution in [3.8, 4) is 0 Å². The fourth-order valence-electron chi connectivity index (χ4n) is 2.02. The Morgan fingerprint density at radius 3 is 1.31 bits per heavy atom. The molecule has 0 bridgehead atoms. The van der Waals surface area contributed by atoms with Gasteiger partial charge in [-0.3, -0.25) is 0 Å². The molecule has 0 heterocycles. The Morgan fingerprint density at radius 1 is 0.690 bits per heavy atom. The smallest absolute Gasteiger partial charge is 0.330 e. The molecule has 0 aromatic carbocycles. The lowest BCUT2D eigenvalue weighted by molar-refractivity contribution is -0.147. The molecule has 172 valence electrons. The molecule has 0 aromatic heterocycles. The lowest BCUT2D eigenvalue weighted by Crippen LogP contribution is -2.29. The average Bonchev–Trinajstić information content (AvgIpc) is 2.71. The molecule has 0 aromatic rings. The predicted octanol–water partition coefficient (Wildman–Crippen LogP) is 2.12. The first-order valence-corrected chi connectivity index (χ1v) is 10.2. The second-order valence-electron chi connectivity index (χ2n) is 7.35. The second-order valence-corrected chi connectivity index (χ2v) is 7.35. The van der Waals surface area contributed by atoms with E-state index in [1.807, 2.05) is 34.6 Å². The lowest BCUT2D eigenvalue weighted by Gasteiger charge is -2.22. The van der Waals surface area contributed by atoms with Crippen molar-refractivity contribution in [3.63, 3.8) is 0 Å². The predicted molar refractivity (Wildman–Crippen MR) is 110 cm³/mol. The van der Waals surface area contributed by atoms with Crippen molar-refractivity contribution in [2.75, 3.05) is 39.6 Å². The van der Waals surface area contributed by atoms with Crippen LogP contribution in [-0.2, 0) is 33.2 Å². The number of esters is 1. The zero-order valence-electron chi connectivity index (χ0n) is 18.8. The van der Waals surface area contributed by atoms with E-state index < -0.39 is 5.97 Å². The van der Waals surface area contributed by atoms with Gasteiger partial charge in [-0.1, -0.05) is 6.58 Å². The maximum absolute atomic E-state index is 11.1. The van der Waals surface area contributed by atoms with Crippen molar-refractivity contribution in [1.82, 2.24) is 0 Å². The molecule has 1 N–H and O–H groups in total. The third kappa shape index (κ3) is 16.5. The van der Waals surface area contributed by atoms with E-state index in [2.05, 4.69) is 6.58 Å². The summed E-state index contributed by atoms with van der Waals surface area (Å²) in [5, 5.41) is 8.93. The highest BCUT2D eigenvalue weighted by atomic mass is 16.6. The van der Waals surface area contributed by atoms with Crippen LogP contribution in [-0.4, -0.2) is 87.3 Å². The summed E-state index contributed by atoms with van der Waals surface area (Å²) in [6, 6.07) is 0. The van der Waals surface area contributed by atoms with Crippen molar-refractivity contribution in [2.45, 2.75) is 78.2 Å². The van der Waals surface area contributed by atoms with Gasteiger partial charge in [-0.15, -0.1) is 0 Å². The minimum Gasteiger partial charge on any atom is -0.457 e. The molecule has 0 saturated heterocycles. The first-order chi connectivity index (χ1) is 13.7. The minimum absolute atomic E-state index is 0.00440. The standard InChI is InChI=1S/C21H40O8/c1-8-21(23)29-20(7)14-28-19(6)13-27-18(5)12-26-17(4)11-25-16(3)10-24-15(2)9-22/h8,15-20,22H,1,9-14H2,2-7H3. The SMILES string of the molecule is C=CC(=O)OC(C)COC(C)COC(C)COC(C)COC(C)COC(C)CO. The fourth-order valence-corrected chi connectivity index (χ4v) is 2.02. The highest BCUT2D eigenvalue weighted by molar-refractivity contribution is 5.81. The third-order valence-corrected chi connectivity index (χ3v) is 3.82. The molecule has 0 aliphatic carbocycles. The van der Waals surface area contributed by atoms with Gasteiger partial charge in [0.2, 0.25) is 0 Å². The molecule has 6 atom stereocenters. The summed E-state index contributed by atoms with van der Waals surface area (Å²) in [6.45, 7) is 16.6. The summed E-state index contributed by atoms with van der Waals surface area (Å²) >= 11 is 0. The molecule has 0 radical (unpaired) electrons. The number of hydrogen-bond donors (Lipinski definition) is 1. The molecule has 0 aliphatic rings. The van der Waals surface area contributed by atoms with E-state index in [-0.39, 0.29) is 43.2 Å². The van der Waals surface area contributed by atoms with Gasteiger partial charge < -0.3 is 33.5 Å². The first-order valence-electron chi connectivity index (χ1n) is 10.2. The van der Waals surface area contributed by atoms with Gasteiger partial charge in [0.05, 0.1) is 70.2 Å². The van der Waals surface area contributed by atoms with Gasteiger partial charge in [-0.25, -0.2) is 4.79 Å². The van der Waals surface area contributed by atoms with E-state index in [0.717, 1.165) is 6.08 Å². The Balaban J connectivity index is 3.81. The Bertz CT molecular complexity index is 431. The van der Waals surface area contributed by atoms with E-state index in [1.54, 1.807) is 6.92 Å². The van der Waals surface area contributed by atoms with Crippen LogP contribution in [0.25, 0.3) is 0 Å². The van der Waals surface area contributed by atoms with Crippen LogP contribution in [0.2, 0.25) is 0 Å². The normalized spacial score (nSPS) is 17.8. The number of carbonyl (C=O) groups excluding carboxylic acids is 1. The second kappa shape index (κ2) is 16.7.